The van der Waals surface area contributed by atoms with Gasteiger partial charge in [0, 0.05) is 22.5 Å². The number of aliphatic hydroxyl groups is 1. The molecule has 0 aromatic heterocycles. The summed E-state index contributed by atoms with van der Waals surface area (Å²) in [4.78, 5) is 38.2. The molecule has 2 fully saturated rings. The van der Waals surface area contributed by atoms with Gasteiger partial charge in [0.15, 0.2) is 11.9 Å². The highest BCUT2D eigenvalue weighted by molar-refractivity contribution is 5.96. The van der Waals surface area contributed by atoms with Crippen LogP contribution in [0.15, 0.2) is 47.6 Å². The number of hydrogen-bond donors (Lipinski definition) is 1. The van der Waals surface area contributed by atoms with E-state index < -0.39 is 41.1 Å². The molecule has 0 aromatic rings. The first kappa shape index (κ1) is 25.8. The molecule has 2 saturated carbocycles. The molecule has 2 aliphatic carbocycles. The van der Waals surface area contributed by atoms with Crippen LogP contribution in [0.3, 0.4) is 0 Å². The molecule has 1 unspecified atom stereocenters. The topological polar surface area (TPSA) is 89.9 Å². The first-order valence-electron chi connectivity index (χ1n) is 11.1. The minimum atomic E-state index is -1.13. The van der Waals surface area contributed by atoms with Crippen molar-refractivity contribution in [3.63, 3.8) is 0 Å². The minimum Gasteiger partial charge on any atom is -0.450 e. The SMILES string of the molecule is C=C(C(/C=C/C(C)(C)O)OC(=O)/C(C)=C\C)[C@H]1C[C@H]2C[C@@]2(C)C(=O)[C@@H]1OC(=O)/C(C)=C\C. The molecule has 0 heterocycles. The maximum absolute atomic E-state index is 13.3. The van der Waals surface area contributed by atoms with Gasteiger partial charge in [-0.05, 0) is 72.0 Å². The summed E-state index contributed by atoms with van der Waals surface area (Å²) in [5.74, 6) is -1.49. The Balaban J connectivity index is 2.38. The zero-order valence-electron chi connectivity index (χ0n) is 20.2. The highest BCUT2D eigenvalue weighted by atomic mass is 16.6. The fraction of sp³-hybridized carbons (Fsp3) is 0.577. The van der Waals surface area contributed by atoms with Crippen molar-refractivity contribution in [2.24, 2.45) is 17.3 Å². The normalized spacial score (nSPS) is 29.4. The maximum atomic E-state index is 13.3. The molecule has 32 heavy (non-hydrogen) atoms. The predicted octanol–water partition coefficient (Wildman–Crippen LogP) is 4.24. The van der Waals surface area contributed by atoms with Gasteiger partial charge in [-0.3, -0.25) is 4.79 Å². The van der Waals surface area contributed by atoms with Crippen molar-refractivity contribution >= 4 is 17.7 Å². The lowest BCUT2D eigenvalue weighted by Gasteiger charge is -2.36. The Labute approximate surface area is 191 Å². The van der Waals surface area contributed by atoms with E-state index in [0.29, 0.717) is 23.1 Å². The summed E-state index contributed by atoms with van der Waals surface area (Å²) < 4.78 is 11.4. The molecule has 176 valence electrons. The number of ether oxygens (including phenoxy) is 2. The molecule has 0 spiro atoms. The third-order valence-corrected chi connectivity index (χ3v) is 6.64. The van der Waals surface area contributed by atoms with Gasteiger partial charge in [0.05, 0.1) is 5.60 Å². The van der Waals surface area contributed by atoms with Gasteiger partial charge in [0.2, 0.25) is 0 Å². The van der Waals surface area contributed by atoms with Crippen LogP contribution >= 0.6 is 0 Å². The summed E-state index contributed by atoms with van der Waals surface area (Å²) in [5, 5.41) is 10.1. The Hall–Kier alpha value is -2.47. The number of fused-ring (bicyclic) bond motifs is 1. The maximum Gasteiger partial charge on any atom is 0.334 e. The van der Waals surface area contributed by atoms with E-state index in [1.807, 2.05) is 6.92 Å². The van der Waals surface area contributed by atoms with Gasteiger partial charge in [-0.1, -0.05) is 31.7 Å². The summed E-state index contributed by atoms with van der Waals surface area (Å²) in [6, 6.07) is 0. The van der Waals surface area contributed by atoms with Gasteiger partial charge in [-0.15, -0.1) is 0 Å². The summed E-state index contributed by atoms with van der Waals surface area (Å²) >= 11 is 0. The Morgan fingerprint density at radius 2 is 1.75 bits per heavy atom. The average molecular weight is 445 g/mol. The third kappa shape index (κ3) is 5.66. The number of rotatable bonds is 8. The lowest BCUT2D eigenvalue weighted by Crippen LogP contribution is -2.45. The van der Waals surface area contributed by atoms with Crippen molar-refractivity contribution in [2.75, 3.05) is 0 Å². The number of esters is 2. The highest BCUT2D eigenvalue weighted by Crippen LogP contribution is 2.61. The van der Waals surface area contributed by atoms with Crippen molar-refractivity contribution in [3.05, 3.63) is 47.6 Å². The zero-order chi connectivity index (χ0) is 24.4. The van der Waals surface area contributed by atoms with Gasteiger partial charge in [-0.25, -0.2) is 9.59 Å². The van der Waals surface area contributed by atoms with E-state index in [9.17, 15) is 19.5 Å². The van der Waals surface area contributed by atoms with Crippen LogP contribution in [-0.2, 0) is 23.9 Å². The van der Waals surface area contributed by atoms with Crippen LogP contribution < -0.4 is 0 Å². The second-order valence-electron chi connectivity index (χ2n) is 9.71. The fourth-order valence-corrected chi connectivity index (χ4v) is 3.94. The van der Waals surface area contributed by atoms with E-state index in [1.54, 1.807) is 59.8 Å². The quantitative estimate of drug-likeness (QED) is 0.342. The van der Waals surface area contributed by atoms with Gasteiger partial charge < -0.3 is 14.6 Å². The molecule has 6 heteroatoms. The van der Waals surface area contributed by atoms with Gasteiger partial charge in [0.1, 0.15) is 6.10 Å². The Bertz CT molecular complexity index is 884. The summed E-state index contributed by atoms with van der Waals surface area (Å²) in [7, 11) is 0. The Morgan fingerprint density at radius 1 is 1.19 bits per heavy atom. The lowest BCUT2D eigenvalue weighted by atomic mass is 9.74. The first-order chi connectivity index (χ1) is 14.7. The zero-order valence-corrected chi connectivity index (χ0v) is 20.2. The van der Waals surface area contributed by atoms with Crippen molar-refractivity contribution in [1.29, 1.82) is 0 Å². The highest BCUT2D eigenvalue weighted by Gasteiger charge is 2.64. The van der Waals surface area contributed by atoms with Crippen LogP contribution in [0.5, 0.6) is 0 Å². The molecule has 5 atom stereocenters. The molecule has 0 aliphatic heterocycles. The standard InChI is InChI=1S/C26H36O6/c1-9-15(3)23(28)31-20(11-12-25(6,7)30)17(5)19-13-18-14-26(18,8)22(27)21(19)32-24(29)16(4)10-2/h9-12,18-21,30H,5,13-14H2,1-4,6-8H3/b12-11+,15-9-,16-10-/t18-,19+,20?,21+,26+/m0/s1. The number of carbonyl (C=O) groups is 3. The number of hydrogen-bond acceptors (Lipinski definition) is 6. The fourth-order valence-electron chi connectivity index (χ4n) is 3.94. The van der Waals surface area contributed by atoms with Crippen LogP contribution in [0.1, 0.15) is 61.3 Å². The second-order valence-corrected chi connectivity index (χ2v) is 9.71. The Morgan fingerprint density at radius 3 is 2.28 bits per heavy atom. The van der Waals surface area contributed by atoms with Crippen LogP contribution in [0.4, 0.5) is 0 Å². The monoisotopic (exact) mass is 444 g/mol. The Kier molecular flexibility index (Phi) is 7.71. The molecule has 2 rings (SSSR count). The summed E-state index contributed by atoms with van der Waals surface area (Å²) in [6.45, 7) is 16.0. The molecule has 6 nitrogen and oxygen atoms in total. The average Bonchev–Trinajstić information content (AvgIpc) is 3.41. The number of Topliss-reactive ketones (excluding diaryl/α,β-unsaturated/α-hetero) is 1. The van der Waals surface area contributed by atoms with Gasteiger partial charge in [0.25, 0.3) is 0 Å². The van der Waals surface area contributed by atoms with E-state index in [-0.39, 0.29) is 11.7 Å². The van der Waals surface area contributed by atoms with E-state index in [0.717, 1.165) is 6.42 Å². The number of ketones is 1. The molecule has 0 amide bonds. The van der Waals surface area contributed by atoms with Crippen LogP contribution in [0, 0.1) is 17.3 Å². The largest absolute Gasteiger partial charge is 0.450 e. The summed E-state index contributed by atoms with van der Waals surface area (Å²) in [6.07, 6.45) is 5.86. The molecule has 0 saturated heterocycles. The molecule has 0 aromatic carbocycles. The van der Waals surface area contributed by atoms with E-state index in [1.165, 1.54) is 6.08 Å². The van der Waals surface area contributed by atoms with E-state index in [4.69, 9.17) is 9.47 Å². The smallest absolute Gasteiger partial charge is 0.334 e. The van der Waals surface area contributed by atoms with Gasteiger partial charge in [-0.2, -0.15) is 0 Å². The second kappa shape index (κ2) is 9.57. The molecular weight excluding hydrogens is 408 g/mol. The van der Waals surface area contributed by atoms with Crippen molar-refractivity contribution in [2.45, 2.75) is 79.1 Å². The van der Waals surface area contributed by atoms with Gasteiger partial charge >= 0.3 is 11.9 Å². The molecule has 2 aliphatic rings. The first-order valence-corrected chi connectivity index (χ1v) is 11.1. The third-order valence-electron chi connectivity index (χ3n) is 6.64. The molecule has 1 N–H and O–H groups in total. The number of carbonyl (C=O) groups excluding carboxylic acids is 3. The lowest BCUT2D eigenvalue weighted by molar-refractivity contribution is -0.159. The predicted molar refractivity (Wildman–Crippen MR) is 123 cm³/mol. The van der Waals surface area contributed by atoms with Crippen LogP contribution in [0.2, 0.25) is 0 Å². The molecular formula is C26H36O6. The molecule has 0 radical (unpaired) electrons. The van der Waals surface area contributed by atoms with Crippen molar-refractivity contribution in [3.8, 4) is 0 Å². The molecule has 0 bridgehead atoms. The van der Waals surface area contributed by atoms with Crippen LogP contribution in [-0.4, -0.2) is 40.6 Å². The van der Waals surface area contributed by atoms with Crippen LogP contribution in [0.25, 0.3) is 0 Å². The van der Waals surface area contributed by atoms with E-state index >= 15 is 0 Å². The van der Waals surface area contributed by atoms with Crippen molar-refractivity contribution in [1.82, 2.24) is 0 Å². The number of allylic oxidation sites excluding steroid dienone is 2. The summed E-state index contributed by atoms with van der Waals surface area (Å²) in [5.41, 5.74) is -0.296. The minimum absolute atomic E-state index is 0.113. The van der Waals surface area contributed by atoms with Crippen molar-refractivity contribution < 1.29 is 29.0 Å². The van der Waals surface area contributed by atoms with E-state index in [2.05, 4.69) is 6.58 Å².